The van der Waals surface area contributed by atoms with E-state index in [2.05, 4.69) is 0 Å². The molecule has 0 aromatic rings. The van der Waals surface area contributed by atoms with Crippen LogP contribution < -0.4 is 0 Å². The van der Waals surface area contributed by atoms with Crippen LogP contribution in [0.15, 0.2) is 0 Å². The average molecular weight is 406 g/mol. The maximum Gasteiger partial charge on any atom is 0.474 e. The molecule has 25 heavy (non-hydrogen) atoms. The molecule has 10 heteroatoms. The monoisotopic (exact) mass is 406 g/mol. The van der Waals surface area contributed by atoms with Crippen LogP contribution in [0, 0.1) is 16.2 Å². The fourth-order valence-electron chi connectivity index (χ4n) is 0.930. The molecule has 8 nitrogen and oxygen atoms in total. The summed E-state index contributed by atoms with van der Waals surface area (Å²) in [6.07, 6.45) is 0. The van der Waals surface area contributed by atoms with E-state index in [1.54, 1.807) is 0 Å². The lowest BCUT2D eigenvalue weighted by atomic mass is 9.99. The molecule has 0 aliphatic carbocycles. The fraction of sp³-hybridized carbons (Fsp3) is 1.00. The Bertz CT molecular complexity index is 405. The fourth-order valence-corrected chi connectivity index (χ4v) is 2.79. The highest BCUT2D eigenvalue weighted by atomic mass is 31.2. The second-order valence-electron chi connectivity index (χ2n) is 9.46. The average Bonchev–Trinajstić information content (AvgIpc) is 2.27. The van der Waals surface area contributed by atoms with Crippen LogP contribution in [0.4, 0.5) is 0 Å². The largest absolute Gasteiger partial charge is 0.474 e. The summed E-state index contributed by atoms with van der Waals surface area (Å²) < 4.78 is 38.1. The van der Waals surface area contributed by atoms with Crippen molar-refractivity contribution in [3.8, 4) is 0 Å². The predicted octanol–water partition coefficient (Wildman–Crippen LogP) is 4.35. The van der Waals surface area contributed by atoms with Crippen LogP contribution in [-0.4, -0.2) is 34.5 Å². The summed E-state index contributed by atoms with van der Waals surface area (Å²) in [4.78, 5) is 21.6. The first-order valence-corrected chi connectivity index (χ1v) is 11.0. The molecule has 0 fully saturated rings. The van der Waals surface area contributed by atoms with Crippen LogP contribution in [0.25, 0.3) is 0 Å². The van der Waals surface area contributed by atoms with E-state index in [4.69, 9.17) is 32.8 Å². The zero-order chi connectivity index (χ0) is 20.7. The molecule has 0 saturated carbocycles. The van der Waals surface area contributed by atoms with Gasteiger partial charge in [-0.2, -0.15) is 0 Å². The van der Waals surface area contributed by atoms with Crippen molar-refractivity contribution in [3.63, 3.8) is 0 Å². The molecular formula is C15H36O8P2. The van der Waals surface area contributed by atoms with Crippen molar-refractivity contribution >= 4 is 15.6 Å². The number of phosphoric acid groups is 2. The maximum absolute atomic E-state index is 12.7. The topological polar surface area (TPSA) is 123 Å². The highest BCUT2D eigenvalue weighted by Gasteiger charge is 2.32. The van der Waals surface area contributed by atoms with E-state index in [9.17, 15) is 4.57 Å². The molecule has 0 amide bonds. The van der Waals surface area contributed by atoms with E-state index in [0.717, 1.165) is 0 Å². The molecule has 154 valence electrons. The van der Waals surface area contributed by atoms with E-state index < -0.39 is 15.6 Å². The second-order valence-corrected chi connectivity index (χ2v) is 12.2. The van der Waals surface area contributed by atoms with Crippen LogP contribution in [0.2, 0.25) is 0 Å². The first kappa shape index (κ1) is 27.4. The van der Waals surface area contributed by atoms with Gasteiger partial charge in [0.1, 0.15) is 0 Å². The third kappa shape index (κ3) is 26.6. The Morgan fingerprint density at radius 1 is 0.600 bits per heavy atom. The van der Waals surface area contributed by atoms with Crippen molar-refractivity contribution in [2.24, 2.45) is 16.2 Å². The molecule has 0 aromatic heterocycles. The predicted molar refractivity (Wildman–Crippen MR) is 98.1 cm³/mol. The smallest absolute Gasteiger partial charge is 0.303 e. The van der Waals surface area contributed by atoms with Gasteiger partial charge in [0.25, 0.3) is 0 Å². The van der Waals surface area contributed by atoms with Gasteiger partial charge in [0, 0.05) is 0 Å². The highest BCUT2D eigenvalue weighted by molar-refractivity contribution is 7.48. The minimum atomic E-state index is -4.64. The van der Waals surface area contributed by atoms with Gasteiger partial charge in [-0.1, -0.05) is 62.3 Å². The van der Waals surface area contributed by atoms with Crippen LogP contribution in [0.3, 0.4) is 0 Å². The quantitative estimate of drug-likeness (QED) is 0.556. The van der Waals surface area contributed by atoms with Crippen molar-refractivity contribution in [1.29, 1.82) is 0 Å². The normalized spacial score (nSPS) is 14.1. The van der Waals surface area contributed by atoms with E-state index in [1.165, 1.54) is 0 Å². The summed E-state index contributed by atoms with van der Waals surface area (Å²) >= 11 is 0. The molecule has 0 heterocycles. The zero-order valence-corrected chi connectivity index (χ0v) is 18.7. The van der Waals surface area contributed by atoms with Crippen molar-refractivity contribution in [1.82, 2.24) is 0 Å². The highest BCUT2D eigenvalue weighted by Crippen LogP contribution is 2.52. The van der Waals surface area contributed by atoms with Crippen molar-refractivity contribution in [3.05, 3.63) is 0 Å². The molecule has 0 bridgehead atoms. The molecule has 0 atom stereocenters. The maximum atomic E-state index is 12.7. The lowest BCUT2D eigenvalue weighted by molar-refractivity contribution is 0.0504. The Balaban J connectivity index is 0. The molecule has 3 N–H and O–H groups in total. The Morgan fingerprint density at radius 2 is 0.760 bits per heavy atom. The van der Waals surface area contributed by atoms with Crippen molar-refractivity contribution in [2.75, 3.05) is 19.8 Å². The van der Waals surface area contributed by atoms with E-state index in [-0.39, 0.29) is 16.2 Å². The van der Waals surface area contributed by atoms with Crippen LogP contribution in [0.5, 0.6) is 0 Å². The van der Waals surface area contributed by atoms with Gasteiger partial charge < -0.3 is 14.7 Å². The first-order chi connectivity index (χ1) is 10.6. The Kier molecular flexibility index (Phi) is 10.9. The summed E-state index contributed by atoms with van der Waals surface area (Å²) in [5.74, 6) is 0. The summed E-state index contributed by atoms with van der Waals surface area (Å²) in [7, 11) is -8.15. The second kappa shape index (κ2) is 9.95. The molecule has 0 rings (SSSR count). The third-order valence-electron chi connectivity index (χ3n) is 1.97. The molecule has 0 aromatic carbocycles. The molecule has 0 aliphatic heterocycles. The first-order valence-electron chi connectivity index (χ1n) is 7.94. The Labute approximate surface area is 152 Å². The van der Waals surface area contributed by atoms with Gasteiger partial charge in [-0.15, -0.1) is 0 Å². The molecule has 0 unspecified atom stereocenters. The van der Waals surface area contributed by atoms with Crippen molar-refractivity contribution < 1.29 is 37.4 Å². The number of hydrogen-bond donors (Lipinski definition) is 3. The molecule has 0 radical (unpaired) electrons. The van der Waals surface area contributed by atoms with Gasteiger partial charge in [0.15, 0.2) is 0 Å². The number of hydrogen-bond acceptors (Lipinski definition) is 5. The zero-order valence-electron chi connectivity index (χ0n) is 16.9. The lowest BCUT2D eigenvalue weighted by Crippen LogP contribution is -2.21. The van der Waals surface area contributed by atoms with Crippen LogP contribution >= 0.6 is 15.6 Å². The van der Waals surface area contributed by atoms with Gasteiger partial charge in [0.2, 0.25) is 0 Å². The minimum Gasteiger partial charge on any atom is -0.303 e. The molecule has 0 aliphatic rings. The standard InChI is InChI=1S/C15H33O4P.H3O4P/c1-13(2,3)10-17-20(16,18-11-14(4,5)6)19-12-15(7,8)9;1-5(2,3)4/h10-12H2,1-9H3;(H3,1,2,3,4). The molecule has 0 saturated heterocycles. The van der Waals surface area contributed by atoms with Gasteiger partial charge in [-0.05, 0) is 16.2 Å². The lowest BCUT2D eigenvalue weighted by Gasteiger charge is -2.28. The van der Waals surface area contributed by atoms with Gasteiger partial charge >= 0.3 is 15.6 Å². The Hall–Kier alpha value is 0.220. The van der Waals surface area contributed by atoms with E-state index in [1.807, 2.05) is 62.3 Å². The molecular weight excluding hydrogens is 370 g/mol. The van der Waals surface area contributed by atoms with Gasteiger partial charge in [-0.25, -0.2) is 9.13 Å². The summed E-state index contributed by atoms with van der Waals surface area (Å²) in [6.45, 7) is 19.2. The number of rotatable bonds is 6. The van der Waals surface area contributed by atoms with E-state index >= 15 is 0 Å². The SMILES string of the molecule is CC(C)(C)COP(=O)(OCC(C)(C)C)OCC(C)(C)C.O=P(O)(O)O. The summed E-state index contributed by atoms with van der Waals surface area (Å²) in [5.41, 5.74) is -0.274. The van der Waals surface area contributed by atoms with Gasteiger partial charge in [-0.3, -0.25) is 13.6 Å². The van der Waals surface area contributed by atoms with Gasteiger partial charge in [0.05, 0.1) is 19.8 Å². The molecule has 0 spiro atoms. The van der Waals surface area contributed by atoms with Crippen molar-refractivity contribution in [2.45, 2.75) is 62.3 Å². The number of phosphoric ester groups is 1. The van der Waals surface area contributed by atoms with Crippen LogP contribution in [0.1, 0.15) is 62.3 Å². The third-order valence-corrected chi connectivity index (χ3v) is 3.30. The Morgan fingerprint density at radius 3 is 0.880 bits per heavy atom. The summed E-state index contributed by atoms with van der Waals surface area (Å²) in [5, 5.41) is 0. The van der Waals surface area contributed by atoms with Crippen LogP contribution in [-0.2, 0) is 22.7 Å². The minimum absolute atomic E-state index is 0.0914. The summed E-state index contributed by atoms with van der Waals surface area (Å²) in [6, 6.07) is 0. The van der Waals surface area contributed by atoms with E-state index in [0.29, 0.717) is 19.8 Å².